The van der Waals surface area contributed by atoms with Crippen LogP contribution < -0.4 is 5.32 Å². The Morgan fingerprint density at radius 1 is 1.25 bits per heavy atom. The molecule has 1 aromatic heterocycles. The van der Waals surface area contributed by atoms with Crippen molar-refractivity contribution in [1.82, 2.24) is 9.97 Å². The van der Waals surface area contributed by atoms with E-state index in [2.05, 4.69) is 15.3 Å². The van der Waals surface area contributed by atoms with Gasteiger partial charge in [0.25, 0.3) is 0 Å². The standard InChI is InChI=1S/C6H7Cl2N3S/c1-9-6-10-4(7)3(12-2)5(8)11-6/h1-2H3,(H,9,10,11). The van der Waals surface area contributed by atoms with Gasteiger partial charge >= 0.3 is 0 Å². The van der Waals surface area contributed by atoms with Gasteiger partial charge in [0.05, 0.1) is 4.90 Å². The van der Waals surface area contributed by atoms with Crippen molar-refractivity contribution in [2.45, 2.75) is 4.90 Å². The van der Waals surface area contributed by atoms with Crippen LogP contribution in [0.5, 0.6) is 0 Å². The number of nitrogens with one attached hydrogen (secondary N) is 1. The van der Waals surface area contributed by atoms with Crippen molar-refractivity contribution in [2.75, 3.05) is 18.6 Å². The molecule has 3 nitrogen and oxygen atoms in total. The Hall–Kier alpha value is -0.190. The molecule has 0 unspecified atom stereocenters. The van der Waals surface area contributed by atoms with Crippen molar-refractivity contribution < 1.29 is 0 Å². The van der Waals surface area contributed by atoms with Crippen molar-refractivity contribution >= 4 is 40.9 Å². The van der Waals surface area contributed by atoms with Gasteiger partial charge in [-0.15, -0.1) is 11.8 Å². The summed E-state index contributed by atoms with van der Waals surface area (Å²) in [7, 11) is 1.71. The first kappa shape index (κ1) is 9.89. The number of nitrogens with zero attached hydrogens (tertiary/aromatic N) is 2. The molecule has 1 aromatic rings. The molecule has 0 spiro atoms. The van der Waals surface area contributed by atoms with E-state index in [4.69, 9.17) is 23.2 Å². The van der Waals surface area contributed by atoms with Crippen LogP contribution in [0.2, 0.25) is 10.3 Å². The number of aromatic nitrogens is 2. The molecule has 0 saturated carbocycles. The summed E-state index contributed by atoms with van der Waals surface area (Å²) in [5, 5.41) is 3.52. The summed E-state index contributed by atoms with van der Waals surface area (Å²) < 4.78 is 0. The minimum atomic E-state index is 0.381. The average Bonchev–Trinajstić information content (AvgIpc) is 2.03. The molecule has 0 bridgehead atoms. The van der Waals surface area contributed by atoms with Gasteiger partial charge in [-0.2, -0.15) is 9.97 Å². The molecule has 0 radical (unpaired) electrons. The topological polar surface area (TPSA) is 37.8 Å². The molecule has 1 rings (SSSR count). The lowest BCUT2D eigenvalue weighted by molar-refractivity contribution is 1.09. The van der Waals surface area contributed by atoms with Gasteiger partial charge in [0.1, 0.15) is 10.3 Å². The predicted molar refractivity (Wildman–Crippen MR) is 53.4 cm³/mol. The Bertz CT molecular complexity index is 269. The van der Waals surface area contributed by atoms with Gasteiger partial charge in [-0.3, -0.25) is 0 Å². The van der Waals surface area contributed by atoms with Gasteiger partial charge in [-0.1, -0.05) is 23.2 Å². The van der Waals surface area contributed by atoms with E-state index in [1.165, 1.54) is 11.8 Å². The van der Waals surface area contributed by atoms with Gasteiger partial charge in [-0.05, 0) is 6.26 Å². The van der Waals surface area contributed by atoms with E-state index in [1.54, 1.807) is 7.05 Å². The molecule has 0 aliphatic heterocycles. The number of hydrogen-bond acceptors (Lipinski definition) is 4. The van der Waals surface area contributed by atoms with Crippen molar-refractivity contribution in [3.8, 4) is 0 Å². The summed E-state index contributed by atoms with van der Waals surface area (Å²) in [6, 6.07) is 0. The number of thioether (sulfide) groups is 1. The van der Waals surface area contributed by atoms with E-state index in [0.29, 0.717) is 21.2 Å². The maximum Gasteiger partial charge on any atom is 0.225 e. The Morgan fingerprint density at radius 3 is 2.08 bits per heavy atom. The fraction of sp³-hybridized carbons (Fsp3) is 0.333. The zero-order valence-corrected chi connectivity index (χ0v) is 8.89. The van der Waals surface area contributed by atoms with E-state index < -0.39 is 0 Å². The molecule has 0 aliphatic rings. The molecule has 6 heteroatoms. The smallest absolute Gasteiger partial charge is 0.225 e. The molecule has 0 saturated heterocycles. The molecule has 0 aliphatic carbocycles. The van der Waals surface area contributed by atoms with Crippen LogP contribution in [-0.4, -0.2) is 23.3 Å². The summed E-state index contributed by atoms with van der Waals surface area (Å²) in [4.78, 5) is 8.63. The van der Waals surface area contributed by atoms with E-state index in [-0.39, 0.29) is 0 Å². The SMILES string of the molecule is CNc1nc(Cl)c(SC)c(Cl)n1. The summed E-state index contributed by atoms with van der Waals surface area (Å²) in [6.45, 7) is 0. The highest BCUT2D eigenvalue weighted by molar-refractivity contribution is 7.98. The highest BCUT2D eigenvalue weighted by Crippen LogP contribution is 2.30. The van der Waals surface area contributed by atoms with Crippen molar-refractivity contribution in [3.05, 3.63) is 10.3 Å². The van der Waals surface area contributed by atoms with Gasteiger partial charge in [0.2, 0.25) is 5.95 Å². The molecule has 0 atom stereocenters. The van der Waals surface area contributed by atoms with Crippen LogP contribution in [0.15, 0.2) is 4.90 Å². The predicted octanol–water partition coefficient (Wildman–Crippen LogP) is 2.55. The quantitative estimate of drug-likeness (QED) is 0.618. The van der Waals surface area contributed by atoms with Crippen LogP contribution in [0.4, 0.5) is 5.95 Å². The summed E-state index contributed by atoms with van der Waals surface area (Å²) in [5.74, 6) is 0.433. The Balaban J connectivity index is 3.18. The Morgan fingerprint density at radius 2 is 1.75 bits per heavy atom. The summed E-state index contributed by atoms with van der Waals surface area (Å²) in [6.07, 6.45) is 1.87. The van der Waals surface area contributed by atoms with E-state index in [9.17, 15) is 0 Å². The second-order valence-electron chi connectivity index (χ2n) is 1.91. The number of rotatable bonds is 2. The van der Waals surface area contributed by atoms with Crippen LogP contribution in [0.25, 0.3) is 0 Å². The highest BCUT2D eigenvalue weighted by atomic mass is 35.5. The highest BCUT2D eigenvalue weighted by Gasteiger charge is 2.08. The van der Waals surface area contributed by atoms with E-state index in [0.717, 1.165) is 0 Å². The van der Waals surface area contributed by atoms with Gasteiger partial charge < -0.3 is 5.32 Å². The van der Waals surface area contributed by atoms with E-state index >= 15 is 0 Å². The van der Waals surface area contributed by atoms with Crippen molar-refractivity contribution in [2.24, 2.45) is 0 Å². The number of anilines is 1. The number of halogens is 2. The van der Waals surface area contributed by atoms with Crippen LogP contribution in [0.1, 0.15) is 0 Å². The molecule has 66 valence electrons. The minimum absolute atomic E-state index is 0.381. The molecule has 0 amide bonds. The van der Waals surface area contributed by atoms with Crippen LogP contribution in [-0.2, 0) is 0 Å². The molecule has 12 heavy (non-hydrogen) atoms. The van der Waals surface area contributed by atoms with Crippen LogP contribution in [0, 0.1) is 0 Å². The third-order valence-electron chi connectivity index (χ3n) is 1.21. The zero-order chi connectivity index (χ0) is 9.14. The molecule has 1 N–H and O–H groups in total. The first-order chi connectivity index (χ1) is 5.69. The van der Waals surface area contributed by atoms with E-state index in [1.807, 2.05) is 6.26 Å². The third-order valence-corrected chi connectivity index (χ3v) is 2.78. The second kappa shape index (κ2) is 4.16. The fourth-order valence-corrected chi connectivity index (χ4v) is 1.96. The second-order valence-corrected chi connectivity index (χ2v) is 3.44. The zero-order valence-electron chi connectivity index (χ0n) is 6.56. The first-order valence-corrected chi connectivity index (χ1v) is 5.12. The van der Waals surface area contributed by atoms with Crippen LogP contribution >= 0.6 is 35.0 Å². The normalized spacial score (nSPS) is 10.0. The lowest BCUT2D eigenvalue weighted by Crippen LogP contribution is -1.97. The molecular weight excluding hydrogens is 217 g/mol. The lowest BCUT2D eigenvalue weighted by Gasteiger charge is -2.04. The minimum Gasteiger partial charge on any atom is -0.357 e. The average molecular weight is 224 g/mol. The monoisotopic (exact) mass is 223 g/mol. The molecular formula is C6H7Cl2N3S. The van der Waals surface area contributed by atoms with Gasteiger partial charge in [0.15, 0.2) is 0 Å². The molecule has 0 fully saturated rings. The first-order valence-electron chi connectivity index (χ1n) is 3.13. The summed E-state index contributed by atoms with van der Waals surface area (Å²) in [5.41, 5.74) is 0. The number of hydrogen-bond donors (Lipinski definition) is 1. The van der Waals surface area contributed by atoms with Crippen molar-refractivity contribution in [3.63, 3.8) is 0 Å². The van der Waals surface area contributed by atoms with Crippen LogP contribution in [0.3, 0.4) is 0 Å². The fourth-order valence-electron chi connectivity index (χ4n) is 0.678. The van der Waals surface area contributed by atoms with Gasteiger partial charge in [0, 0.05) is 7.05 Å². The maximum atomic E-state index is 5.82. The van der Waals surface area contributed by atoms with Crippen molar-refractivity contribution in [1.29, 1.82) is 0 Å². The molecule has 1 heterocycles. The largest absolute Gasteiger partial charge is 0.357 e. The lowest BCUT2D eigenvalue weighted by atomic mass is 10.6. The Kier molecular flexibility index (Phi) is 3.43. The summed E-state index contributed by atoms with van der Waals surface area (Å²) >= 11 is 13.1. The maximum absolute atomic E-state index is 5.82. The third kappa shape index (κ3) is 1.94. The van der Waals surface area contributed by atoms with Gasteiger partial charge in [-0.25, -0.2) is 0 Å². The Labute approximate surface area is 84.9 Å². The molecule has 0 aromatic carbocycles.